The third kappa shape index (κ3) is 5.69. The van der Waals surface area contributed by atoms with Gasteiger partial charge in [0.25, 0.3) is 0 Å². The van der Waals surface area contributed by atoms with E-state index in [9.17, 15) is 9.59 Å². The van der Waals surface area contributed by atoms with Gasteiger partial charge in [0, 0.05) is 24.1 Å². The Hall–Kier alpha value is -2.14. The summed E-state index contributed by atoms with van der Waals surface area (Å²) in [6.45, 7) is 11.6. The van der Waals surface area contributed by atoms with Gasteiger partial charge in [-0.2, -0.15) is 0 Å². The summed E-state index contributed by atoms with van der Waals surface area (Å²) >= 11 is 12.1. The summed E-state index contributed by atoms with van der Waals surface area (Å²) in [5, 5.41) is 0.849. The van der Waals surface area contributed by atoms with Gasteiger partial charge in [0.1, 0.15) is 0 Å². The van der Waals surface area contributed by atoms with E-state index in [1.807, 2.05) is 13.8 Å². The molecule has 1 heterocycles. The van der Waals surface area contributed by atoms with Gasteiger partial charge in [-0.05, 0) is 35.8 Å². The number of nitrogens with two attached hydrogens (primary N) is 1. The van der Waals surface area contributed by atoms with Crippen LogP contribution in [0.15, 0.2) is 60.7 Å². The molecule has 6 heteroatoms. The molecule has 154 valence electrons. The molecule has 2 rings (SSSR count). The molecule has 0 spiro atoms. The van der Waals surface area contributed by atoms with Crippen LogP contribution in [0.4, 0.5) is 0 Å². The smallest absolute Gasteiger partial charge is 0.240 e. The lowest BCUT2D eigenvalue weighted by Gasteiger charge is -2.39. The van der Waals surface area contributed by atoms with Crippen LogP contribution in [0.1, 0.15) is 25.8 Å². The van der Waals surface area contributed by atoms with Crippen molar-refractivity contribution in [1.29, 1.82) is 0 Å². The number of amides is 1. The van der Waals surface area contributed by atoms with Crippen LogP contribution in [0.5, 0.6) is 0 Å². The molecule has 4 nitrogen and oxygen atoms in total. The zero-order valence-electron chi connectivity index (χ0n) is 16.8. The van der Waals surface area contributed by atoms with Crippen molar-refractivity contribution in [3.63, 3.8) is 0 Å². The number of halogens is 2. The maximum Gasteiger partial charge on any atom is 0.240 e. The van der Waals surface area contributed by atoms with Gasteiger partial charge in [-0.3, -0.25) is 9.59 Å². The third-order valence-electron chi connectivity index (χ3n) is 4.82. The van der Waals surface area contributed by atoms with Crippen molar-refractivity contribution < 1.29 is 9.59 Å². The number of hydrogen-bond acceptors (Lipinski definition) is 3. The Bertz CT molecular complexity index is 900. The van der Waals surface area contributed by atoms with E-state index in [0.29, 0.717) is 28.6 Å². The van der Waals surface area contributed by atoms with Gasteiger partial charge in [-0.25, -0.2) is 0 Å². The highest BCUT2D eigenvalue weighted by molar-refractivity contribution is 6.42. The lowest BCUT2D eigenvalue weighted by atomic mass is 9.79. The second kappa shape index (κ2) is 9.57. The number of carbonyl (C=O) groups excluding carboxylic acids is 2. The van der Waals surface area contributed by atoms with Crippen molar-refractivity contribution in [3.05, 3.63) is 76.3 Å². The molecule has 1 amide bonds. The van der Waals surface area contributed by atoms with Gasteiger partial charge in [-0.15, -0.1) is 0 Å². The molecule has 0 bridgehead atoms. The van der Waals surface area contributed by atoms with E-state index < -0.39 is 11.5 Å². The summed E-state index contributed by atoms with van der Waals surface area (Å²) in [7, 11) is 0. The summed E-state index contributed by atoms with van der Waals surface area (Å²) in [5.74, 6) is -0.207. The van der Waals surface area contributed by atoms with Crippen molar-refractivity contribution in [2.24, 2.45) is 11.1 Å². The standard InChI is InChI=1S/C23H26Cl2N2O2/c1-5-7-15(6-2)12-20(26)22(29)27-13-17(21(28)23(3,4)14-27)10-16-8-9-18(24)19(25)11-16/h5-11,20H,1-2,12-14,26H2,3-4H3/b15-7+,17-10+/t20-/m0/s1. The SMILES string of the molecule is C=C/C=C(\C=C)C[C@H](N)C(=O)N1C/C(=C\c2ccc(Cl)c(Cl)c2)C(=O)C(C)(C)C1. The first-order valence-electron chi connectivity index (χ1n) is 9.28. The Kier molecular flexibility index (Phi) is 7.64. The fourth-order valence-corrected chi connectivity index (χ4v) is 3.64. The maximum atomic E-state index is 13.0. The molecule has 1 aromatic rings. The number of nitrogens with zero attached hydrogens (tertiary/aromatic N) is 1. The third-order valence-corrected chi connectivity index (χ3v) is 5.56. The number of rotatable bonds is 6. The molecule has 0 radical (unpaired) electrons. The molecule has 0 aromatic heterocycles. The monoisotopic (exact) mass is 432 g/mol. The van der Waals surface area contributed by atoms with E-state index in [2.05, 4.69) is 13.2 Å². The van der Waals surface area contributed by atoms with Crippen LogP contribution in [-0.4, -0.2) is 35.7 Å². The minimum absolute atomic E-state index is 0.000437. The van der Waals surface area contributed by atoms with Crippen LogP contribution in [0.3, 0.4) is 0 Å². The quantitative estimate of drug-likeness (QED) is 0.516. The molecule has 1 saturated heterocycles. The van der Waals surface area contributed by atoms with Gasteiger partial charge >= 0.3 is 0 Å². The largest absolute Gasteiger partial charge is 0.336 e. The van der Waals surface area contributed by atoms with Gasteiger partial charge in [-0.1, -0.05) is 74.5 Å². The Morgan fingerprint density at radius 3 is 2.59 bits per heavy atom. The second-order valence-corrected chi connectivity index (χ2v) is 8.56. The molecule has 0 unspecified atom stereocenters. The van der Waals surface area contributed by atoms with E-state index in [0.717, 1.165) is 11.1 Å². The van der Waals surface area contributed by atoms with Crippen LogP contribution < -0.4 is 5.73 Å². The van der Waals surface area contributed by atoms with Crippen LogP contribution in [0, 0.1) is 5.41 Å². The number of hydrogen-bond donors (Lipinski definition) is 1. The number of likely N-dealkylation sites (tertiary alicyclic amines) is 1. The Morgan fingerprint density at radius 1 is 1.31 bits per heavy atom. The van der Waals surface area contributed by atoms with Gasteiger partial charge in [0.2, 0.25) is 5.91 Å². The molecule has 1 aliphatic rings. The molecular weight excluding hydrogens is 407 g/mol. The first-order chi connectivity index (χ1) is 13.6. The van der Waals surface area contributed by atoms with Crippen molar-refractivity contribution in [2.45, 2.75) is 26.3 Å². The minimum atomic E-state index is -0.727. The van der Waals surface area contributed by atoms with Gasteiger partial charge < -0.3 is 10.6 Å². The molecule has 1 aromatic carbocycles. The number of ketones is 1. The Morgan fingerprint density at radius 2 is 2.00 bits per heavy atom. The molecule has 0 saturated carbocycles. The average Bonchev–Trinajstić information content (AvgIpc) is 2.66. The van der Waals surface area contributed by atoms with Crippen LogP contribution in [-0.2, 0) is 9.59 Å². The lowest BCUT2D eigenvalue weighted by Crippen LogP contribution is -2.54. The van der Waals surface area contributed by atoms with E-state index in [-0.39, 0.29) is 18.2 Å². The number of allylic oxidation sites excluding steroid dienone is 3. The summed E-state index contributed by atoms with van der Waals surface area (Å²) < 4.78 is 0. The van der Waals surface area contributed by atoms with Gasteiger partial charge in [0.05, 0.1) is 16.1 Å². The van der Waals surface area contributed by atoms with Crippen molar-refractivity contribution in [1.82, 2.24) is 4.90 Å². The Balaban J connectivity index is 2.29. The topological polar surface area (TPSA) is 63.4 Å². The lowest BCUT2D eigenvalue weighted by molar-refractivity contribution is -0.138. The molecule has 1 fully saturated rings. The summed E-state index contributed by atoms with van der Waals surface area (Å²) in [4.78, 5) is 27.5. The van der Waals surface area contributed by atoms with Gasteiger partial charge in [0.15, 0.2) is 5.78 Å². The van der Waals surface area contributed by atoms with Crippen LogP contribution in [0.2, 0.25) is 10.0 Å². The minimum Gasteiger partial charge on any atom is -0.336 e. The van der Waals surface area contributed by atoms with Crippen LogP contribution >= 0.6 is 23.2 Å². The fourth-order valence-electron chi connectivity index (χ4n) is 3.33. The number of Topliss-reactive ketones (excluding diaryl/α,β-unsaturated/α-hetero) is 1. The fraction of sp³-hybridized carbons (Fsp3) is 0.304. The summed E-state index contributed by atoms with van der Waals surface area (Å²) in [6, 6.07) is 4.43. The van der Waals surface area contributed by atoms with E-state index >= 15 is 0 Å². The normalized spacial score (nSPS) is 19.2. The van der Waals surface area contributed by atoms with E-state index in [1.165, 1.54) is 0 Å². The van der Waals surface area contributed by atoms with Crippen molar-refractivity contribution >= 4 is 41.0 Å². The number of benzene rings is 1. The predicted molar refractivity (Wildman–Crippen MR) is 121 cm³/mol. The first-order valence-corrected chi connectivity index (χ1v) is 10.0. The zero-order valence-corrected chi connectivity index (χ0v) is 18.3. The molecular formula is C23H26Cl2N2O2. The molecule has 0 aliphatic carbocycles. The van der Waals surface area contributed by atoms with Crippen molar-refractivity contribution in [2.75, 3.05) is 13.1 Å². The highest BCUT2D eigenvalue weighted by atomic mass is 35.5. The molecule has 1 aliphatic heterocycles. The molecule has 2 N–H and O–H groups in total. The highest BCUT2D eigenvalue weighted by Gasteiger charge is 2.40. The number of piperidine rings is 1. The summed E-state index contributed by atoms with van der Waals surface area (Å²) in [5.41, 5.74) is 7.56. The number of carbonyl (C=O) groups is 2. The average molecular weight is 433 g/mol. The summed E-state index contributed by atoms with van der Waals surface area (Å²) in [6.07, 6.45) is 7.18. The molecule has 1 atom stereocenters. The van der Waals surface area contributed by atoms with E-state index in [4.69, 9.17) is 28.9 Å². The first kappa shape index (κ1) is 23.1. The second-order valence-electron chi connectivity index (χ2n) is 7.74. The predicted octanol–water partition coefficient (Wildman–Crippen LogP) is 4.83. The maximum absolute atomic E-state index is 13.0. The van der Waals surface area contributed by atoms with E-state index in [1.54, 1.807) is 47.4 Å². The molecule has 29 heavy (non-hydrogen) atoms. The highest BCUT2D eigenvalue weighted by Crippen LogP contribution is 2.31. The van der Waals surface area contributed by atoms with Crippen LogP contribution in [0.25, 0.3) is 6.08 Å². The zero-order chi connectivity index (χ0) is 21.8. The Labute approximate surface area is 182 Å². The van der Waals surface area contributed by atoms with Crippen molar-refractivity contribution in [3.8, 4) is 0 Å².